The van der Waals surface area contributed by atoms with Crippen LogP contribution in [-0.4, -0.2) is 36.1 Å². The van der Waals surface area contributed by atoms with Crippen molar-refractivity contribution in [2.75, 3.05) is 30.4 Å². The van der Waals surface area contributed by atoms with Crippen molar-refractivity contribution in [3.63, 3.8) is 0 Å². The number of aromatic nitrogens is 2. The summed E-state index contributed by atoms with van der Waals surface area (Å²) in [5.41, 5.74) is 3.47. The van der Waals surface area contributed by atoms with Crippen LogP contribution in [0.4, 0.5) is 11.5 Å². The zero-order valence-corrected chi connectivity index (χ0v) is 17.1. The summed E-state index contributed by atoms with van der Waals surface area (Å²) >= 11 is 0. The van der Waals surface area contributed by atoms with E-state index in [1.54, 1.807) is 18.2 Å². The van der Waals surface area contributed by atoms with Crippen molar-refractivity contribution in [2.24, 2.45) is 0 Å². The number of amides is 1. The number of carbonyl (C=O) groups is 1. The molecule has 0 aliphatic carbocycles. The number of nitrogens with zero attached hydrogens (tertiary/aromatic N) is 3. The van der Waals surface area contributed by atoms with E-state index in [0.717, 1.165) is 23.4 Å². The van der Waals surface area contributed by atoms with Gasteiger partial charge in [0.05, 0.1) is 19.5 Å². The fourth-order valence-electron chi connectivity index (χ4n) is 3.07. The van der Waals surface area contributed by atoms with Gasteiger partial charge in [-0.15, -0.1) is 0 Å². The van der Waals surface area contributed by atoms with E-state index in [1.807, 2.05) is 56.3 Å². The number of carbonyl (C=O) groups excluding carboxylic acids is 1. The van der Waals surface area contributed by atoms with Gasteiger partial charge in [0.25, 0.3) is 5.91 Å². The van der Waals surface area contributed by atoms with Crippen LogP contribution in [0.15, 0.2) is 60.9 Å². The Kier molecular flexibility index (Phi) is 6.79. The monoisotopic (exact) mass is 390 g/mol. The lowest BCUT2D eigenvalue weighted by Gasteiger charge is -2.21. The summed E-state index contributed by atoms with van der Waals surface area (Å²) in [6.07, 6.45) is 3.95. The number of nitrogens with one attached hydrogen (secondary N) is 1. The third-order valence-electron chi connectivity index (χ3n) is 4.60. The Morgan fingerprint density at radius 2 is 1.93 bits per heavy atom. The van der Waals surface area contributed by atoms with E-state index in [0.29, 0.717) is 24.6 Å². The summed E-state index contributed by atoms with van der Waals surface area (Å²) in [7, 11) is 1.66. The molecule has 0 aliphatic rings. The van der Waals surface area contributed by atoms with Crippen molar-refractivity contribution in [1.29, 1.82) is 0 Å². The number of rotatable bonds is 8. The Bertz CT molecular complexity index is 957. The van der Waals surface area contributed by atoms with Gasteiger partial charge in [-0.1, -0.05) is 24.3 Å². The second kappa shape index (κ2) is 9.68. The number of benzene rings is 2. The molecule has 3 rings (SSSR count). The van der Waals surface area contributed by atoms with Gasteiger partial charge in [0.2, 0.25) is 0 Å². The minimum absolute atomic E-state index is 0.159. The molecule has 150 valence electrons. The van der Waals surface area contributed by atoms with Crippen LogP contribution in [0.1, 0.15) is 28.5 Å². The second-order valence-corrected chi connectivity index (χ2v) is 6.70. The summed E-state index contributed by atoms with van der Waals surface area (Å²) in [4.78, 5) is 23.2. The topological polar surface area (TPSA) is 67.4 Å². The Morgan fingerprint density at radius 3 is 2.62 bits per heavy atom. The van der Waals surface area contributed by atoms with Gasteiger partial charge >= 0.3 is 0 Å². The first-order valence-electron chi connectivity index (χ1n) is 9.68. The molecular formula is C23H26N4O2. The van der Waals surface area contributed by atoms with Crippen LogP contribution < -0.4 is 15.0 Å². The second-order valence-electron chi connectivity index (χ2n) is 6.70. The fraction of sp³-hybridized carbons (Fsp3) is 0.261. The third kappa shape index (κ3) is 5.31. The van der Waals surface area contributed by atoms with Crippen LogP contribution in [0.5, 0.6) is 5.75 Å². The van der Waals surface area contributed by atoms with Crippen molar-refractivity contribution >= 4 is 17.4 Å². The highest BCUT2D eigenvalue weighted by Gasteiger charge is 2.18. The van der Waals surface area contributed by atoms with Gasteiger partial charge in [0.15, 0.2) is 0 Å². The van der Waals surface area contributed by atoms with Gasteiger partial charge in [-0.3, -0.25) is 4.79 Å². The van der Waals surface area contributed by atoms with Crippen molar-refractivity contribution in [1.82, 2.24) is 9.97 Å². The van der Waals surface area contributed by atoms with E-state index in [9.17, 15) is 4.79 Å². The average molecular weight is 390 g/mol. The summed E-state index contributed by atoms with van der Waals surface area (Å²) in [5, 5.41) is 3.24. The van der Waals surface area contributed by atoms with Crippen LogP contribution in [0.25, 0.3) is 0 Å². The lowest BCUT2D eigenvalue weighted by atomic mass is 10.1. The maximum absolute atomic E-state index is 12.8. The molecule has 6 heteroatoms. The minimum Gasteiger partial charge on any atom is -0.497 e. The van der Waals surface area contributed by atoms with E-state index in [1.165, 1.54) is 11.8 Å². The zero-order valence-electron chi connectivity index (χ0n) is 17.1. The van der Waals surface area contributed by atoms with Gasteiger partial charge in [0.1, 0.15) is 17.3 Å². The summed E-state index contributed by atoms with van der Waals surface area (Å²) in [5.74, 6) is 1.33. The molecule has 0 aliphatic heterocycles. The molecule has 1 aromatic heterocycles. The molecule has 0 atom stereocenters. The molecule has 3 aromatic rings. The Labute approximate surface area is 171 Å². The van der Waals surface area contributed by atoms with Crippen molar-refractivity contribution in [3.05, 3.63) is 77.7 Å². The molecule has 1 N–H and O–H groups in total. The van der Waals surface area contributed by atoms with Crippen molar-refractivity contribution in [3.8, 4) is 5.75 Å². The highest BCUT2D eigenvalue weighted by atomic mass is 16.5. The Morgan fingerprint density at radius 1 is 1.10 bits per heavy atom. The van der Waals surface area contributed by atoms with Gasteiger partial charge in [0, 0.05) is 18.8 Å². The molecule has 2 aromatic carbocycles. The quantitative estimate of drug-likeness (QED) is 0.627. The number of hydrogen-bond acceptors (Lipinski definition) is 5. The molecule has 0 radical (unpaired) electrons. The first-order chi connectivity index (χ1) is 14.1. The Balaban J connectivity index is 1.60. The van der Waals surface area contributed by atoms with Crippen LogP contribution in [0, 0.1) is 6.92 Å². The molecule has 0 bridgehead atoms. The van der Waals surface area contributed by atoms with Gasteiger partial charge in [-0.25, -0.2) is 9.97 Å². The molecule has 29 heavy (non-hydrogen) atoms. The molecular weight excluding hydrogens is 364 g/mol. The van der Waals surface area contributed by atoms with Gasteiger partial charge < -0.3 is 15.0 Å². The molecule has 0 spiro atoms. The molecule has 1 amide bonds. The largest absolute Gasteiger partial charge is 0.497 e. The van der Waals surface area contributed by atoms with Crippen LogP contribution in [0.3, 0.4) is 0 Å². The number of ether oxygens (including phenoxy) is 1. The molecule has 0 fully saturated rings. The maximum atomic E-state index is 12.8. The zero-order chi connectivity index (χ0) is 20.6. The number of aryl methyl sites for hydroxylation is 1. The maximum Gasteiger partial charge on any atom is 0.278 e. The van der Waals surface area contributed by atoms with Gasteiger partial charge in [-0.2, -0.15) is 0 Å². The van der Waals surface area contributed by atoms with E-state index in [2.05, 4.69) is 21.4 Å². The van der Waals surface area contributed by atoms with Gasteiger partial charge in [-0.05, 0) is 55.7 Å². The normalized spacial score (nSPS) is 10.4. The summed E-state index contributed by atoms with van der Waals surface area (Å²) in [6, 6.07) is 15.8. The first-order valence-corrected chi connectivity index (χ1v) is 9.68. The highest BCUT2D eigenvalue weighted by molar-refractivity contribution is 6.04. The SMILES string of the molecule is CCN(C(=O)c1cnc(NCCc2cccc(OC)c2)cn1)c1cccc(C)c1. The minimum atomic E-state index is -0.159. The van der Waals surface area contributed by atoms with E-state index in [-0.39, 0.29) is 5.91 Å². The lowest BCUT2D eigenvalue weighted by Crippen LogP contribution is -2.31. The van der Waals surface area contributed by atoms with Crippen LogP contribution in [-0.2, 0) is 6.42 Å². The third-order valence-corrected chi connectivity index (χ3v) is 4.60. The van der Waals surface area contributed by atoms with Crippen molar-refractivity contribution < 1.29 is 9.53 Å². The summed E-state index contributed by atoms with van der Waals surface area (Å²) < 4.78 is 5.24. The molecule has 1 heterocycles. The highest BCUT2D eigenvalue weighted by Crippen LogP contribution is 2.18. The smallest absolute Gasteiger partial charge is 0.278 e. The number of anilines is 2. The molecule has 0 saturated carbocycles. The van der Waals surface area contributed by atoms with Crippen LogP contribution in [0.2, 0.25) is 0 Å². The first kappa shape index (κ1) is 20.3. The van der Waals surface area contributed by atoms with Crippen molar-refractivity contribution in [2.45, 2.75) is 20.3 Å². The predicted molar refractivity (Wildman–Crippen MR) is 116 cm³/mol. The molecule has 6 nitrogen and oxygen atoms in total. The summed E-state index contributed by atoms with van der Waals surface area (Å²) in [6.45, 7) is 5.22. The standard InChI is InChI=1S/C23H26N4O2/c1-4-27(19-9-5-7-17(2)13-19)23(28)21-15-26-22(16-25-21)24-12-11-18-8-6-10-20(14-18)29-3/h5-10,13-16H,4,11-12H2,1-3H3,(H,24,26). The lowest BCUT2D eigenvalue weighted by molar-refractivity contribution is 0.0983. The van der Waals surface area contributed by atoms with E-state index < -0.39 is 0 Å². The fourth-order valence-corrected chi connectivity index (χ4v) is 3.07. The van der Waals surface area contributed by atoms with E-state index >= 15 is 0 Å². The Hall–Kier alpha value is -3.41. The van der Waals surface area contributed by atoms with Crippen LogP contribution >= 0.6 is 0 Å². The number of methoxy groups -OCH3 is 1. The molecule has 0 unspecified atom stereocenters. The predicted octanol–water partition coefficient (Wildman–Crippen LogP) is 4.11. The number of hydrogen-bond donors (Lipinski definition) is 1. The molecule has 0 saturated heterocycles. The average Bonchev–Trinajstić information content (AvgIpc) is 2.75. The van der Waals surface area contributed by atoms with E-state index in [4.69, 9.17) is 4.74 Å².